The van der Waals surface area contributed by atoms with Crippen LogP contribution in [0.25, 0.3) is 11.1 Å². The highest BCUT2D eigenvalue weighted by Gasteiger charge is 2.27. The number of hydrogen-bond donors (Lipinski definition) is 1. The lowest BCUT2D eigenvalue weighted by molar-refractivity contribution is -0.121. The molecule has 0 saturated carbocycles. The molecule has 1 N–H and O–H groups in total. The maximum Gasteiger partial charge on any atom is 0.224 e. The second-order valence-electron chi connectivity index (χ2n) is 9.72. The minimum Gasteiger partial charge on any atom is -0.497 e. The Balaban J connectivity index is 1.63. The summed E-state index contributed by atoms with van der Waals surface area (Å²) in [7, 11) is 8.62. The molecule has 7 heteroatoms. The Hall–Kier alpha value is -3.45. The first-order valence-electron chi connectivity index (χ1n) is 12.7. The van der Waals surface area contributed by atoms with Crippen LogP contribution in [0.2, 0.25) is 0 Å². The molecule has 2 aliphatic rings. The van der Waals surface area contributed by atoms with Gasteiger partial charge in [-0.1, -0.05) is 12.1 Å². The number of piperidine rings is 1. The van der Waals surface area contributed by atoms with Crippen molar-refractivity contribution < 1.29 is 23.7 Å². The van der Waals surface area contributed by atoms with E-state index in [1.807, 2.05) is 24.3 Å². The summed E-state index contributed by atoms with van der Waals surface area (Å²) in [5, 5.41) is 3.26. The summed E-state index contributed by atoms with van der Waals surface area (Å²) in [6.45, 7) is 4.09. The van der Waals surface area contributed by atoms with Gasteiger partial charge in [0.2, 0.25) is 11.7 Å². The van der Waals surface area contributed by atoms with Crippen LogP contribution in [0, 0.1) is 0 Å². The number of nitrogens with one attached hydrogen (secondary N) is 1. The molecule has 1 atom stereocenters. The van der Waals surface area contributed by atoms with Crippen molar-refractivity contribution in [1.29, 1.82) is 0 Å². The first-order valence-corrected chi connectivity index (χ1v) is 12.7. The molecule has 1 heterocycles. The number of likely N-dealkylation sites (N-methyl/N-ethyl adjacent to an activating group) is 1. The zero-order valence-corrected chi connectivity index (χ0v) is 22.8. The van der Waals surface area contributed by atoms with Gasteiger partial charge < -0.3 is 29.2 Å². The Morgan fingerprint density at radius 3 is 2.38 bits per heavy atom. The predicted molar refractivity (Wildman–Crippen MR) is 147 cm³/mol. The van der Waals surface area contributed by atoms with E-state index in [0.717, 1.165) is 65.1 Å². The van der Waals surface area contributed by atoms with Gasteiger partial charge in [-0.25, -0.2) is 0 Å². The lowest BCUT2D eigenvalue weighted by Crippen LogP contribution is -2.46. The number of ether oxygens (including phenoxy) is 4. The first kappa shape index (κ1) is 26.6. The number of amides is 1. The quantitative estimate of drug-likeness (QED) is 0.530. The zero-order valence-electron chi connectivity index (χ0n) is 22.8. The Kier molecular flexibility index (Phi) is 8.44. The van der Waals surface area contributed by atoms with Crippen LogP contribution >= 0.6 is 0 Å². The number of nitrogens with zero attached hydrogens (tertiary/aromatic N) is 1. The molecule has 37 heavy (non-hydrogen) atoms. The van der Waals surface area contributed by atoms with Crippen molar-refractivity contribution in [1.82, 2.24) is 10.2 Å². The molecule has 2 aromatic carbocycles. The van der Waals surface area contributed by atoms with E-state index < -0.39 is 0 Å². The van der Waals surface area contributed by atoms with Crippen LogP contribution in [0.4, 0.5) is 0 Å². The Bertz CT molecular complexity index is 1190. The highest BCUT2D eigenvalue weighted by molar-refractivity contribution is 6.04. The van der Waals surface area contributed by atoms with Crippen molar-refractivity contribution in [2.45, 2.75) is 38.6 Å². The molecule has 1 fully saturated rings. The van der Waals surface area contributed by atoms with E-state index >= 15 is 0 Å². The van der Waals surface area contributed by atoms with Crippen molar-refractivity contribution in [3.05, 3.63) is 58.7 Å². The molecule has 1 saturated heterocycles. The maximum atomic E-state index is 13.1. The Labute approximate surface area is 220 Å². The topological polar surface area (TPSA) is 69.3 Å². The van der Waals surface area contributed by atoms with Crippen molar-refractivity contribution in [2.24, 2.45) is 0 Å². The number of rotatable bonds is 9. The summed E-state index contributed by atoms with van der Waals surface area (Å²) in [6, 6.07) is 10.2. The average molecular weight is 507 g/mol. The van der Waals surface area contributed by atoms with Gasteiger partial charge in [0.1, 0.15) is 5.75 Å². The molecule has 1 aliphatic carbocycles. The molecule has 0 spiro atoms. The molecule has 7 nitrogen and oxygen atoms in total. The fourth-order valence-corrected chi connectivity index (χ4v) is 5.39. The second kappa shape index (κ2) is 11.7. The summed E-state index contributed by atoms with van der Waals surface area (Å²) in [4.78, 5) is 15.4. The van der Waals surface area contributed by atoms with Crippen LogP contribution in [-0.4, -0.2) is 65.4 Å². The molecular formula is C30H38N2O5. The van der Waals surface area contributed by atoms with Crippen molar-refractivity contribution >= 4 is 17.1 Å². The van der Waals surface area contributed by atoms with Gasteiger partial charge in [-0.2, -0.15) is 0 Å². The third-order valence-corrected chi connectivity index (χ3v) is 7.29. The highest BCUT2D eigenvalue weighted by atomic mass is 16.5. The van der Waals surface area contributed by atoms with Crippen LogP contribution in [-0.2, 0) is 11.2 Å². The first-order chi connectivity index (χ1) is 17.9. The lowest BCUT2D eigenvalue weighted by Gasteiger charge is -2.30. The standard InChI is InChI=1S/C30H38N2O5/c1-19-23(11-9-20-14-27(35-4)30(37-6)28(15-20)36-5)24-12-10-22(34-3)16-26(24)25(19)17-29(33)31-21-8-7-13-32(2)18-21/h10-12,14-16,21H,7-9,13,17-18H2,1-6H3,(H,31,33)/b23-11-. The van der Waals surface area contributed by atoms with Crippen LogP contribution in [0.1, 0.15) is 42.9 Å². The van der Waals surface area contributed by atoms with E-state index in [1.165, 1.54) is 0 Å². The van der Waals surface area contributed by atoms with Gasteiger partial charge >= 0.3 is 0 Å². The molecule has 4 rings (SSSR count). The summed E-state index contributed by atoms with van der Waals surface area (Å²) in [5.74, 6) is 2.68. The number of carbonyl (C=O) groups is 1. The minimum atomic E-state index is 0.0642. The normalized spacial score (nSPS) is 18.5. The summed E-state index contributed by atoms with van der Waals surface area (Å²) < 4.78 is 22.0. The minimum absolute atomic E-state index is 0.0642. The lowest BCUT2D eigenvalue weighted by atomic mass is 10.00. The molecule has 1 amide bonds. The number of fused-ring (bicyclic) bond motifs is 1. The van der Waals surface area contributed by atoms with Crippen LogP contribution in [0.3, 0.4) is 0 Å². The molecule has 2 aromatic rings. The fourth-order valence-electron chi connectivity index (χ4n) is 5.39. The number of likely N-dealkylation sites (tertiary alicyclic amines) is 1. The monoisotopic (exact) mass is 506 g/mol. The van der Waals surface area contributed by atoms with Crippen LogP contribution in [0.5, 0.6) is 23.0 Å². The van der Waals surface area contributed by atoms with Crippen molar-refractivity contribution in [2.75, 3.05) is 48.6 Å². The van der Waals surface area contributed by atoms with E-state index in [0.29, 0.717) is 30.1 Å². The molecule has 1 unspecified atom stereocenters. The highest BCUT2D eigenvalue weighted by Crippen LogP contribution is 2.45. The number of carbonyl (C=O) groups excluding carboxylic acids is 1. The average Bonchev–Trinajstić information content (AvgIpc) is 3.16. The van der Waals surface area contributed by atoms with E-state index in [1.54, 1.807) is 28.4 Å². The Morgan fingerprint density at radius 1 is 1.03 bits per heavy atom. The molecule has 1 aliphatic heterocycles. The van der Waals surface area contributed by atoms with Gasteiger partial charge in [-0.3, -0.25) is 4.79 Å². The summed E-state index contributed by atoms with van der Waals surface area (Å²) in [6.07, 6.45) is 5.36. The number of methoxy groups -OCH3 is 4. The van der Waals surface area contributed by atoms with E-state index in [2.05, 4.69) is 36.3 Å². The van der Waals surface area contributed by atoms with Gasteiger partial charge in [0.25, 0.3) is 0 Å². The number of allylic oxidation sites excluding steroid dienone is 3. The van der Waals surface area contributed by atoms with Crippen LogP contribution < -0.4 is 24.3 Å². The number of benzene rings is 2. The SMILES string of the molecule is COc1ccc2c(c1)C(CC(=O)NC1CCCN(C)C1)=C(C)/C2=C/Cc1cc(OC)c(OC)c(OC)c1. The fraction of sp³-hybridized carbons (Fsp3) is 0.433. The van der Waals surface area contributed by atoms with Crippen LogP contribution in [0.15, 0.2) is 42.0 Å². The zero-order chi connectivity index (χ0) is 26.5. The van der Waals surface area contributed by atoms with Gasteiger partial charge in [0, 0.05) is 12.6 Å². The second-order valence-corrected chi connectivity index (χ2v) is 9.72. The maximum absolute atomic E-state index is 13.1. The third-order valence-electron chi connectivity index (χ3n) is 7.29. The predicted octanol–water partition coefficient (Wildman–Crippen LogP) is 4.73. The van der Waals surface area contributed by atoms with Gasteiger partial charge in [-0.15, -0.1) is 0 Å². The van der Waals surface area contributed by atoms with E-state index in [-0.39, 0.29) is 11.9 Å². The van der Waals surface area contributed by atoms with Crippen molar-refractivity contribution in [3.63, 3.8) is 0 Å². The summed E-state index contributed by atoms with van der Waals surface area (Å²) >= 11 is 0. The van der Waals surface area contributed by atoms with Crippen molar-refractivity contribution in [3.8, 4) is 23.0 Å². The molecule has 0 aromatic heterocycles. The van der Waals surface area contributed by atoms with Gasteiger partial charge in [-0.05, 0) is 97.5 Å². The largest absolute Gasteiger partial charge is 0.497 e. The van der Waals surface area contributed by atoms with Gasteiger partial charge in [0.15, 0.2) is 11.5 Å². The van der Waals surface area contributed by atoms with E-state index in [9.17, 15) is 4.79 Å². The Morgan fingerprint density at radius 2 is 1.76 bits per heavy atom. The summed E-state index contributed by atoms with van der Waals surface area (Å²) in [5.41, 5.74) is 6.51. The van der Waals surface area contributed by atoms with E-state index in [4.69, 9.17) is 18.9 Å². The molecule has 0 radical (unpaired) electrons. The molecule has 198 valence electrons. The molecule has 0 bridgehead atoms. The third kappa shape index (κ3) is 5.77. The molecular weight excluding hydrogens is 468 g/mol. The van der Waals surface area contributed by atoms with Gasteiger partial charge in [0.05, 0.1) is 34.9 Å². The number of hydrogen-bond acceptors (Lipinski definition) is 6. The smallest absolute Gasteiger partial charge is 0.224 e.